The fourth-order valence-corrected chi connectivity index (χ4v) is 3.10. The number of hydrogen-bond acceptors (Lipinski definition) is 5. The summed E-state index contributed by atoms with van der Waals surface area (Å²) >= 11 is 0. The first-order valence-corrected chi connectivity index (χ1v) is 8.68. The van der Waals surface area contributed by atoms with E-state index in [0.29, 0.717) is 28.2 Å². The molecule has 3 aromatic rings. The summed E-state index contributed by atoms with van der Waals surface area (Å²) in [4.78, 5) is 30.5. The van der Waals surface area contributed by atoms with E-state index in [0.717, 1.165) is 12.8 Å². The van der Waals surface area contributed by atoms with Gasteiger partial charge < -0.3 is 9.47 Å². The highest BCUT2D eigenvalue weighted by Gasteiger charge is 2.30. The highest BCUT2D eigenvalue weighted by Crippen LogP contribution is 2.38. The molecule has 0 spiro atoms. The second kappa shape index (κ2) is 6.75. The van der Waals surface area contributed by atoms with Crippen LogP contribution in [0.1, 0.15) is 34.9 Å². The van der Waals surface area contributed by atoms with E-state index in [1.165, 1.54) is 18.9 Å². The molecule has 0 unspecified atom stereocenters. The minimum absolute atomic E-state index is 0.176. The summed E-state index contributed by atoms with van der Waals surface area (Å²) in [5, 5.41) is 0.458. The standard InChI is InChI=1S/C20H19N3O4/c1-26-16-9-5-7-14(17(16)27-2)19(24)22-23-18(12-10-11-12)21-15-8-4-3-6-13(15)20(23)25/h3-9,12H,10-11H2,1-2H3,(H,22,24). The average molecular weight is 365 g/mol. The van der Waals surface area contributed by atoms with Crippen LogP contribution in [0, 0.1) is 0 Å². The number of carbonyl (C=O) groups is 1. The molecule has 0 saturated heterocycles. The molecule has 1 fully saturated rings. The SMILES string of the molecule is COc1cccc(C(=O)Nn2c(C3CC3)nc3ccccc3c2=O)c1OC. The third-order valence-electron chi connectivity index (χ3n) is 4.61. The number of rotatable bonds is 5. The lowest BCUT2D eigenvalue weighted by Crippen LogP contribution is -2.36. The van der Waals surface area contributed by atoms with Crippen molar-refractivity contribution in [1.29, 1.82) is 0 Å². The Morgan fingerprint density at radius 3 is 2.59 bits per heavy atom. The number of nitrogens with zero attached hydrogens (tertiary/aromatic N) is 2. The molecule has 0 aliphatic heterocycles. The summed E-state index contributed by atoms with van der Waals surface area (Å²) < 4.78 is 11.8. The zero-order valence-electron chi connectivity index (χ0n) is 15.1. The van der Waals surface area contributed by atoms with Crippen molar-refractivity contribution in [2.45, 2.75) is 18.8 Å². The molecular weight excluding hydrogens is 346 g/mol. The van der Waals surface area contributed by atoms with Crippen molar-refractivity contribution < 1.29 is 14.3 Å². The van der Waals surface area contributed by atoms with Crippen LogP contribution in [-0.4, -0.2) is 29.8 Å². The Bertz CT molecular complexity index is 1090. The van der Waals surface area contributed by atoms with Gasteiger partial charge in [-0.1, -0.05) is 18.2 Å². The number of para-hydroxylation sites is 2. The van der Waals surface area contributed by atoms with Crippen LogP contribution < -0.4 is 20.5 Å². The number of fused-ring (bicyclic) bond motifs is 1. The van der Waals surface area contributed by atoms with Gasteiger partial charge >= 0.3 is 0 Å². The largest absolute Gasteiger partial charge is 0.493 e. The van der Waals surface area contributed by atoms with Gasteiger partial charge in [0.25, 0.3) is 11.5 Å². The maximum absolute atomic E-state index is 13.0. The number of aromatic nitrogens is 2. The lowest BCUT2D eigenvalue weighted by atomic mass is 10.1. The number of ether oxygens (including phenoxy) is 2. The van der Waals surface area contributed by atoms with Crippen molar-refractivity contribution in [1.82, 2.24) is 9.66 Å². The van der Waals surface area contributed by atoms with Crippen molar-refractivity contribution in [3.8, 4) is 11.5 Å². The minimum Gasteiger partial charge on any atom is -0.493 e. The highest BCUT2D eigenvalue weighted by molar-refractivity contribution is 6.03. The lowest BCUT2D eigenvalue weighted by molar-refractivity contribution is 0.100. The Labute approximate surface area is 155 Å². The minimum atomic E-state index is -0.466. The van der Waals surface area contributed by atoms with Gasteiger partial charge in [-0.2, -0.15) is 0 Å². The fraction of sp³-hybridized carbons (Fsp3) is 0.250. The number of carbonyl (C=O) groups excluding carboxylic acids is 1. The zero-order valence-corrected chi connectivity index (χ0v) is 15.1. The van der Waals surface area contributed by atoms with Crippen molar-refractivity contribution in [3.05, 3.63) is 64.2 Å². The Balaban J connectivity index is 1.80. The summed E-state index contributed by atoms with van der Waals surface area (Å²) in [6.45, 7) is 0. The topological polar surface area (TPSA) is 82.5 Å². The van der Waals surface area contributed by atoms with Crippen LogP contribution in [0.2, 0.25) is 0 Å². The van der Waals surface area contributed by atoms with Gasteiger partial charge in [0.2, 0.25) is 0 Å². The fourth-order valence-electron chi connectivity index (χ4n) is 3.10. The maximum atomic E-state index is 13.0. The van der Waals surface area contributed by atoms with E-state index in [2.05, 4.69) is 10.4 Å². The molecule has 1 N–H and O–H groups in total. The smallest absolute Gasteiger partial charge is 0.280 e. The molecule has 1 heterocycles. The number of benzene rings is 2. The average Bonchev–Trinajstić information content (AvgIpc) is 3.54. The van der Waals surface area contributed by atoms with Crippen LogP contribution in [0.15, 0.2) is 47.3 Å². The normalized spacial score (nSPS) is 13.4. The molecule has 0 atom stereocenters. The Morgan fingerprint density at radius 1 is 1.11 bits per heavy atom. The molecular formula is C20H19N3O4. The molecule has 7 nitrogen and oxygen atoms in total. The van der Waals surface area contributed by atoms with Crippen molar-refractivity contribution in [3.63, 3.8) is 0 Å². The van der Waals surface area contributed by atoms with Gasteiger partial charge in [0, 0.05) is 5.92 Å². The maximum Gasteiger partial charge on any atom is 0.280 e. The third-order valence-corrected chi connectivity index (χ3v) is 4.61. The summed E-state index contributed by atoms with van der Waals surface area (Å²) in [7, 11) is 2.97. The Kier molecular flexibility index (Phi) is 4.27. The Hall–Kier alpha value is -3.35. The first-order chi connectivity index (χ1) is 13.1. The van der Waals surface area contributed by atoms with Crippen molar-refractivity contribution in [2.24, 2.45) is 0 Å². The molecule has 4 rings (SSSR count). The number of amides is 1. The van der Waals surface area contributed by atoms with E-state index in [9.17, 15) is 9.59 Å². The summed E-state index contributed by atoms with van der Waals surface area (Å²) in [5.41, 5.74) is 3.32. The highest BCUT2D eigenvalue weighted by atomic mass is 16.5. The van der Waals surface area contributed by atoms with Gasteiger partial charge in [0.15, 0.2) is 11.5 Å². The first-order valence-electron chi connectivity index (χ1n) is 8.68. The quantitative estimate of drug-likeness (QED) is 0.752. The van der Waals surface area contributed by atoms with Crippen molar-refractivity contribution >= 4 is 16.8 Å². The van der Waals surface area contributed by atoms with Gasteiger partial charge in [0.05, 0.1) is 30.7 Å². The number of methoxy groups -OCH3 is 2. The predicted octanol–water partition coefficient (Wildman–Crippen LogP) is 2.68. The van der Waals surface area contributed by atoms with E-state index >= 15 is 0 Å². The molecule has 2 aromatic carbocycles. The molecule has 0 bridgehead atoms. The third kappa shape index (κ3) is 3.01. The van der Waals surface area contributed by atoms with Gasteiger partial charge in [-0.15, -0.1) is 0 Å². The van der Waals surface area contributed by atoms with E-state index in [1.807, 2.05) is 6.07 Å². The molecule has 1 amide bonds. The van der Waals surface area contributed by atoms with E-state index in [1.54, 1.807) is 36.4 Å². The monoisotopic (exact) mass is 365 g/mol. The predicted molar refractivity (Wildman–Crippen MR) is 101 cm³/mol. The van der Waals surface area contributed by atoms with Gasteiger partial charge in [-0.25, -0.2) is 9.66 Å². The number of hydrogen-bond donors (Lipinski definition) is 1. The zero-order chi connectivity index (χ0) is 19.0. The molecule has 0 radical (unpaired) electrons. The lowest BCUT2D eigenvalue weighted by Gasteiger charge is -2.16. The van der Waals surface area contributed by atoms with Crippen LogP contribution in [0.4, 0.5) is 0 Å². The van der Waals surface area contributed by atoms with Crippen LogP contribution in [0.3, 0.4) is 0 Å². The van der Waals surface area contributed by atoms with Crippen molar-refractivity contribution in [2.75, 3.05) is 19.6 Å². The van der Waals surface area contributed by atoms with E-state index in [4.69, 9.17) is 9.47 Å². The molecule has 1 aliphatic rings. The molecule has 1 aromatic heterocycles. The molecule has 138 valence electrons. The second-order valence-electron chi connectivity index (χ2n) is 6.38. The van der Waals surface area contributed by atoms with Gasteiger partial charge in [0.1, 0.15) is 5.82 Å². The van der Waals surface area contributed by atoms with Crippen LogP contribution >= 0.6 is 0 Å². The summed E-state index contributed by atoms with van der Waals surface area (Å²) in [6.07, 6.45) is 1.90. The summed E-state index contributed by atoms with van der Waals surface area (Å²) in [5.74, 6) is 1.04. The van der Waals surface area contributed by atoms with Gasteiger partial charge in [-0.3, -0.25) is 15.0 Å². The summed E-state index contributed by atoms with van der Waals surface area (Å²) in [6, 6.07) is 12.1. The molecule has 1 saturated carbocycles. The van der Waals surface area contributed by atoms with Crippen LogP contribution in [-0.2, 0) is 0 Å². The van der Waals surface area contributed by atoms with Gasteiger partial charge in [-0.05, 0) is 37.1 Å². The van der Waals surface area contributed by atoms with E-state index in [-0.39, 0.29) is 17.0 Å². The Morgan fingerprint density at radius 2 is 1.89 bits per heavy atom. The first kappa shape index (κ1) is 17.1. The number of nitrogens with one attached hydrogen (secondary N) is 1. The van der Waals surface area contributed by atoms with Crippen LogP contribution in [0.25, 0.3) is 10.9 Å². The molecule has 1 aliphatic carbocycles. The van der Waals surface area contributed by atoms with Crippen LogP contribution in [0.5, 0.6) is 11.5 Å². The second-order valence-corrected chi connectivity index (χ2v) is 6.38. The van der Waals surface area contributed by atoms with E-state index < -0.39 is 5.91 Å². The molecule has 7 heteroatoms. The molecule has 27 heavy (non-hydrogen) atoms.